The van der Waals surface area contributed by atoms with Crippen LogP contribution in [-0.2, 0) is 4.79 Å². The van der Waals surface area contributed by atoms with Gasteiger partial charge in [-0.15, -0.1) is 11.3 Å². The number of hydrogen-bond acceptors (Lipinski definition) is 5. The van der Waals surface area contributed by atoms with Gasteiger partial charge in [-0.2, -0.15) is 0 Å². The molecule has 118 valence electrons. The van der Waals surface area contributed by atoms with Crippen molar-refractivity contribution in [3.63, 3.8) is 0 Å². The molecule has 0 aliphatic heterocycles. The predicted molar refractivity (Wildman–Crippen MR) is 98.2 cm³/mol. The van der Waals surface area contributed by atoms with Crippen LogP contribution in [0.2, 0.25) is 0 Å². The Kier molecular flexibility index (Phi) is 4.58. The van der Waals surface area contributed by atoms with Crippen molar-refractivity contribution >= 4 is 54.9 Å². The Morgan fingerprint density at radius 1 is 1.26 bits per heavy atom. The number of halogens is 1. The molecule has 0 aliphatic carbocycles. The van der Waals surface area contributed by atoms with E-state index in [1.54, 1.807) is 11.3 Å². The summed E-state index contributed by atoms with van der Waals surface area (Å²) in [5, 5.41) is 6.96. The third-order valence-corrected chi connectivity index (χ3v) is 5.34. The highest BCUT2D eigenvalue weighted by atomic mass is 79.9. The number of para-hydroxylation sites is 1. The van der Waals surface area contributed by atoms with Gasteiger partial charge in [0.25, 0.3) is 0 Å². The van der Waals surface area contributed by atoms with Gasteiger partial charge < -0.3 is 10.6 Å². The second-order valence-electron chi connectivity index (χ2n) is 5.07. The van der Waals surface area contributed by atoms with Crippen molar-refractivity contribution < 1.29 is 4.79 Å². The Hall–Kier alpha value is -1.99. The molecule has 0 atom stereocenters. The summed E-state index contributed by atoms with van der Waals surface area (Å²) in [5.41, 5.74) is 1.90. The van der Waals surface area contributed by atoms with Crippen molar-refractivity contribution in [3.05, 3.63) is 45.5 Å². The van der Waals surface area contributed by atoms with E-state index < -0.39 is 0 Å². The van der Waals surface area contributed by atoms with Crippen molar-refractivity contribution in [3.8, 4) is 0 Å². The van der Waals surface area contributed by atoms with Crippen LogP contribution >= 0.6 is 27.3 Å². The van der Waals surface area contributed by atoms with E-state index in [9.17, 15) is 4.79 Å². The number of aryl methyl sites for hydroxylation is 2. The summed E-state index contributed by atoms with van der Waals surface area (Å²) in [4.78, 5) is 22.8. The van der Waals surface area contributed by atoms with E-state index in [2.05, 4.69) is 43.5 Å². The number of hydrogen-bond donors (Lipinski definition) is 2. The van der Waals surface area contributed by atoms with Crippen molar-refractivity contribution in [2.45, 2.75) is 13.8 Å². The van der Waals surface area contributed by atoms with Gasteiger partial charge in [-0.25, -0.2) is 9.97 Å². The molecule has 3 aromatic rings. The molecule has 7 heteroatoms. The fourth-order valence-corrected chi connectivity index (χ4v) is 3.62. The molecule has 23 heavy (non-hydrogen) atoms. The Morgan fingerprint density at radius 2 is 2.04 bits per heavy atom. The van der Waals surface area contributed by atoms with E-state index in [-0.39, 0.29) is 12.5 Å². The summed E-state index contributed by atoms with van der Waals surface area (Å²) in [7, 11) is 0. The first-order valence-corrected chi connectivity index (χ1v) is 8.66. The zero-order valence-corrected chi connectivity index (χ0v) is 15.1. The van der Waals surface area contributed by atoms with Gasteiger partial charge >= 0.3 is 0 Å². The highest BCUT2D eigenvalue weighted by Crippen LogP contribution is 2.32. The lowest BCUT2D eigenvalue weighted by Gasteiger charge is -2.09. The topological polar surface area (TPSA) is 66.9 Å². The molecule has 5 nitrogen and oxygen atoms in total. The average Bonchev–Trinajstić information content (AvgIpc) is 2.83. The molecule has 3 rings (SSSR count). The summed E-state index contributed by atoms with van der Waals surface area (Å²) in [6.07, 6.45) is 1.52. The quantitative estimate of drug-likeness (QED) is 0.702. The van der Waals surface area contributed by atoms with Gasteiger partial charge in [0, 0.05) is 9.35 Å². The van der Waals surface area contributed by atoms with Crippen LogP contribution in [0, 0.1) is 13.8 Å². The molecule has 2 heterocycles. The highest BCUT2D eigenvalue weighted by Gasteiger charge is 2.13. The lowest BCUT2D eigenvalue weighted by molar-refractivity contribution is -0.114. The summed E-state index contributed by atoms with van der Waals surface area (Å²) in [6, 6.07) is 7.50. The number of thiophene rings is 1. The first-order chi connectivity index (χ1) is 11.1. The van der Waals surface area contributed by atoms with E-state index in [0.717, 1.165) is 25.9 Å². The minimum atomic E-state index is -0.131. The molecule has 1 amide bonds. The zero-order valence-electron chi connectivity index (χ0n) is 12.7. The van der Waals surface area contributed by atoms with Crippen molar-refractivity contribution in [2.75, 3.05) is 17.2 Å². The van der Waals surface area contributed by atoms with Gasteiger partial charge in [0.15, 0.2) is 0 Å². The SMILES string of the molecule is Cc1sc2ncnc(NCC(=O)Nc3ccccc3Br)c2c1C. The van der Waals surface area contributed by atoms with Gasteiger partial charge in [0.05, 0.1) is 17.6 Å². The third-order valence-electron chi connectivity index (χ3n) is 3.53. The molecule has 1 aromatic carbocycles. The fraction of sp³-hybridized carbons (Fsp3) is 0.188. The van der Waals surface area contributed by atoms with E-state index in [4.69, 9.17) is 0 Å². The van der Waals surface area contributed by atoms with Gasteiger partial charge in [-0.05, 0) is 47.5 Å². The second kappa shape index (κ2) is 6.64. The number of carbonyl (C=O) groups is 1. The second-order valence-corrected chi connectivity index (χ2v) is 7.12. The Labute approximate surface area is 146 Å². The van der Waals surface area contributed by atoms with E-state index in [1.807, 2.05) is 31.2 Å². The molecule has 0 fully saturated rings. The predicted octanol–water partition coefficient (Wildman–Crippen LogP) is 4.12. The maximum Gasteiger partial charge on any atom is 0.243 e. The largest absolute Gasteiger partial charge is 0.360 e. The van der Waals surface area contributed by atoms with E-state index in [0.29, 0.717) is 5.82 Å². The number of rotatable bonds is 4. The van der Waals surface area contributed by atoms with Crippen molar-refractivity contribution in [1.82, 2.24) is 9.97 Å². The molecule has 0 saturated carbocycles. The number of anilines is 2. The normalized spacial score (nSPS) is 10.7. The van der Waals surface area contributed by atoms with Crippen LogP contribution < -0.4 is 10.6 Å². The Morgan fingerprint density at radius 3 is 2.83 bits per heavy atom. The average molecular weight is 391 g/mol. The Balaban J connectivity index is 1.74. The first-order valence-electron chi connectivity index (χ1n) is 7.05. The summed E-state index contributed by atoms with van der Waals surface area (Å²) in [5.74, 6) is 0.562. The molecule has 0 aliphatic rings. The van der Waals surface area contributed by atoms with Crippen molar-refractivity contribution in [2.24, 2.45) is 0 Å². The molecular formula is C16H15BrN4OS. The molecule has 0 bridgehead atoms. The van der Waals surface area contributed by atoms with Gasteiger partial charge in [0.1, 0.15) is 17.0 Å². The molecule has 0 saturated heterocycles. The van der Waals surface area contributed by atoms with E-state index >= 15 is 0 Å². The van der Waals surface area contributed by atoms with Crippen LogP contribution in [-0.4, -0.2) is 22.4 Å². The first kappa shape index (κ1) is 15.9. The minimum Gasteiger partial charge on any atom is -0.360 e. The number of benzene rings is 1. The maximum absolute atomic E-state index is 12.1. The van der Waals surface area contributed by atoms with Crippen LogP contribution in [0.5, 0.6) is 0 Å². The molecule has 2 N–H and O–H groups in total. The monoisotopic (exact) mass is 390 g/mol. The van der Waals surface area contributed by atoms with Gasteiger partial charge in [0.2, 0.25) is 5.91 Å². The molecule has 0 radical (unpaired) electrons. The summed E-state index contributed by atoms with van der Waals surface area (Å²) >= 11 is 5.05. The standard InChI is InChI=1S/C16H15BrN4OS/c1-9-10(2)23-16-14(9)15(19-8-20-16)18-7-13(22)21-12-6-4-3-5-11(12)17/h3-6,8H,7H2,1-2H3,(H,21,22)(H,18,19,20). The number of aromatic nitrogens is 2. The number of amides is 1. The summed E-state index contributed by atoms with van der Waals surface area (Å²) < 4.78 is 0.849. The van der Waals surface area contributed by atoms with Crippen LogP contribution in [0.25, 0.3) is 10.2 Å². The van der Waals surface area contributed by atoms with Gasteiger partial charge in [-0.1, -0.05) is 12.1 Å². The van der Waals surface area contributed by atoms with Gasteiger partial charge in [-0.3, -0.25) is 4.79 Å². The fourth-order valence-electron chi connectivity index (χ4n) is 2.24. The van der Waals surface area contributed by atoms with Crippen LogP contribution in [0.4, 0.5) is 11.5 Å². The number of carbonyl (C=O) groups excluding carboxylic acids is 1. The lowest BCUT2D eigenvalue weighted by atomic mass is 10.2. The highest BCUT2D eigenvalue weighted by molar-refractivity contribution is 9.10. The lowest BCUT2D eigenvalue weighted by Crippen LogP contribution is -2.22. The van der Waals surface area contributed by atoms with Crippen molar-refractivity contribution in [1.29, 1.82) is 0 Å². The molecular weight excluding hydrogens is 376 g/mol. The number of nitrogens with one attached hydrogen (secondary N) is 2. The third kappa shape index (κ3) is 3.35. The number of fused-ring (bicyclic) bond motifs is 1. The Bertz CT molecular complexity index is 878. The van der Waals surface area contributed by atoms with E-state index in [1.165, 1.54) is 11.2 Å². The summed E-state index contributed by atoms with van der Waals surface area (Å²) in [6.45, 7) is 4.25. The molecule has 0 spiro atoms. The maximum atomic E-state index is 12.1. The molecule has 0 unspecified atom stereocenters. The van der Waals surface area contributed by atoms with Crippen LogP contribution in [0.3, 0.4) is 0 Å². The van der Waals surface area contributed by atoms with Crippen LogP contribution in [0.1, 0.15) is 10.4 Å². The minimum absolute atomic E-state index is 0.131. The van der Waals surface area contributed by atoms with Crippen LogP contribution in [0.15, 0.2) is 35.1 Å². The number of nitrogens with zero attached hydrogens (tertiary/aromatic N) is 2. The molecule has 2 aromatic heterocycles. The zero-order chi connectivity index (χ0) is 16.4. The smallest absolute Gasteiger partial charge is 0.243 e.